The highest BCUT2D eigenvalue weighted by molar-refractivity contribution is 14.0. The van der Waals surface area contributed by atoms with Gasteiger partial charge in [-0.3, -0.25) is 9.79 Å². The van der Waals surface area contributed by atoms with Gasteiger partial charge in [0.15, 0.2) is 5.96 Å². The highest BCUT2D eigenvalue weighted by Crippen LogP contribution is 2.17. The summed E-state index contributed by atoms with van der Waals surface area (Å²) >= 11 is 1.76. The third kappa shape index (κ3) is 5.91. The van der Waals surface area contributed by atoms with E-state index in [-0.39, 0.29) is 24.0 Å². The molecule has 0 radical (unpaired) electrons. The summed E-state index contributed by atoms with van der Waals surface area (Å²) in [5.74, 6) is 1.13. The van der Waals surface area contributed by atoms with E-state index >= 15 is 0 Å². The van der Waals surface area contributed by atoms with Crippen LogP contribution in [0.1, 0.15) is 43.0 Å². The molecule has 24 heavy (non-hydrogen) atoms. The summed E-state index contributed by atoms with van der Waals surface area (Å²) in [5.41, 5.74) is 1.32. The largest absolute Gasteiger partial charge is 0.356 e. The van der Waals surface area contributed by atoms with E-state index in [0.717, 1.165) is 44.9 Å². The van der Waals surface area contributed by atoms with Crippen molar-refractivity contribution < 1.29 is 4.79 Å². The Labute approximate surface area is 166 Å². The molecule has 5 nitrogen and oxygen atoms in total. The number of aliphatic imine (C=N–C) groups is 1. The average Bonchev–Trinajstić information content (AvgIpc) is 3.15. The van der Waals surface area contributed by atoms with Gasteiger partial charge < -0.3 is 15.5 Å². The maximum atomic E-state index is 11.9. The van der Waals surface area contributed by atoms with Crippen molar-refractivity contribution in [2.24, 2.45) is 4.99 Å². The molecule has 1 amide bonds. The quantitative estimate of drug-likeness (QED) is 0.371. The first-order chi connectivity index (χ1) is 11.2. The number of hydrogen-bond donors (Lipinski definition) is 2. The molecule has 0 aromatic carbocycles. The van der Waals surface area contributed by atoms with Crippen LogP contribution in [-0.2, 0) is 11.3 Å². The van der Waals surface area contributed by atoms with Gasteiger partial charge in [-0.2, -0.15) is 0 Å². The Balaban J connectivity index is 0.00000288. The Kier molecular flexibility index (Phi) is 9.65. The van der Waals surface area contributed by atoms with Crippen molar-refractivity contribution >= 4 is 47.2 Å². The summed E-state index contributed by atoms with van der Waals surface area (Å²) in [6, 6.07) is 2.48. The zero-order chi connectivity index (χ0) is 16.7. The fourth-order valence-electron chi connectivity index (χ4n) is 2.96. The van der Waals surface area contributed by atoms with Crippen molar-refractivity contribution in [2.75, 3.05) is 20.1 Å². The molecule has 1 aliphatic heterocycles. The molecule has 0 aliphatic carbocycles. The van der Waals surface area contributed by atoms with Crippen LogP contribution >= 0.6 is 35.3 Å². The number of nitrogens with zero attached hydrogens (tertiary/aromatic N) is 2. The fraction of sp³-hybridized carbons (Fsp3) is 0.647. The van der Waals surface area contributed by atoms with Crippen molar-refractivity contribution in [1.82, 2.24) is 15.5 Å². The second-order valence-electron chi connectivity index (χ2n) is 5.92. The predicted molar refractivity (Wildman–Crippen MR) is 112 cm³/mol. The molecule has 1 aliphatic rings. The van der Waals surface area contributed by atoms with Gasteiger partial charge in [-0.1, -0.05) is 6.92 Å². The molecule has 1 atom stereocenters. The standard InChI is InChI=1S/C17H28N4OS.HI/c1-4-14(21-10-5-6-16(21)22)7-9-19-17(18-3)20-12-15-13(2)8-11-23-15;/h8,11,14H,4-7,9-10,12H2,1-3H3,(H2,18,19,20);1H. The number of aryl methyl sites for hydroxylation is 1. The zero-order valence-electron chi connectivity index (χ0n) is 14.8. The predicted octanol–water partition coefficient (Wildman–Crippen LogP) is 3.13. The lowest BCUT2D eigenvalue weighted by Gasteiger charge is -2.27. The topological polar surface area (TPSA) is 56.7 Å². The van der Waals surface area contributed by atoms with E-state index in [9.17, 15) is 4.79 Å². The van der Waals surface area contributed by atoms with Crippen LogP contribution in [0, 0.1) is 6.92 Å². The van der Waals surface area contributed by atoms with Crippen LogP contribution in [0.3, 0.4) is 0 Å². The number of halogens is 1. The molecule has 136 valence electrons. The number of thiophene rings is 1. The first kappa shape index (κ1) is 21.2. The summed E-state index contributed by atoms with van der Waals surface area (Å²) in [7, 11) is 1.79. The summed E-state index contributed by atoms with van der Waals surface area (Å²) in [4.78, 5) is 19.5. The minimum absolute atomic E-state index is 0. The Morgan fingerprint density at radius 3 is 2.79 bits per heavy atom. The second-order valence-corrected chi connectivity index (χ2v) is 6.92. The lowest BCUT2D eigenvalue weighted by molar-refractivity contribution is -0.129. The van der Waals surface area contributed by atoms with Crippen molar-refractivity contribution in [3.63, 3.8) is 0 Å². The Hall–Kier alpha value is -0.830. The molecule has 1 fully saturated rings. The molecule has 2 rings (SSSR count). The van der Waals surface area contributed by atoms with Gasteiger partial charge in [-0.15, -0.1) is 35.3 Å². The Bertz CT molecular complexity index is 546. The number of hydrogen-bond acceptors (Lipinski definition) is 3. The van der Waals surface area contributed by atoms with Crippen LogP contribution < -0.4 is 10.6 Å². The van der Waals surface area contributed by atoms with Gasteiger partial charge in [0.2, 0.25) is 5.91 Å². The van der Waals surface area contributed by atoms with E-state index in [2.05, 4.69) is 40.9 Å². The summed E-state index contributed by atoms with van der Waals surface area (Å²) in [5, 5.41) is 8.82. The van der Waals surface area contributed by atoms with E-state index in [0.29, 0.717) is 18.4 Å². The molecule has 1 saturated heterocycles. The Morgan fingerprint density at radius 1 is 1.46 bits per heavy atom. The molecule has 1 unspecified atom stereocenters. The average molecular weight is 464 g/mol. The van der Waals surface area contributed by atoms with Crippen LogP contribution in [0.2, 0.25) is 0 Å². The highest BCUT2D eigenvalue weighted by Gasteiger charge is 2.26. The van der Waals surface area contributed by atoms with Gasteiger partial charge in [0.1, 0.15) is 0 Å². The molecule has 2 N–H and O–H groups in total. The van der Waals surface area contributed by atoms with Gasteiger partial charge in [-0.05, 0) is 43.2 Å². The third-order valence-corrected chi connectivity index (χ3v) is 5.42. The van der Waals surface area contributed by atoms with Crippen molar-refractivity contribution in [1.29, 1.82) is 0 Å². The second kappa shape index (κ2) is 10.9. The van der Waals surface area contributed by atoms with E-state index < -0.39 is 0 Å². The van der Waals surface area contributed by atoms with E-state index in [1.165, 1.54) is 10.4 Å². The van der Waals surface area contributed by atoms with Crippen LogP contribution in [-0.4, -0.2) is 42.9 Å². The fourth-order valence-corrected chi connectivity index (χ4v) is 3.81. The number of likely N-dealkylation sites (tertiary alicyclic amines) is 1. The molecule has 7 heteroatoms. The van der Waals surface area contributed by atoms with Gasteiger partial charge in [-0.25, -0.2) is 0 Å². The van der Waals surface area contributed by atoms with Crippen molar-refractivity contribution in [3.8, 4) is 0 Å². The summed E-state index contributed by atoms with van der Waals surface area (Å²) in [6.45, 7) is 6.82. The maximum absolute atomic E-state index is 11.9. The number of rotatable bonds is 7. The summed E-state index contributed by atoms with van der Waals surface area (Å²) in [6.07, 6.45) is 3.69. The molecule has 0 spiro atoms. The van der Waals surface area contributed by atoms with Crippen LogP contribution in [0.5, 0.6) is 0 Å². The third-order valence-electron chi connectivity index (χ3n) is 4.40. The number of carbonyl (C=O) groups excluding carboxylic acids is 1. The minimum Gasteiger partial charge on any atom is -0.356 e. The van der Waals surface area contributed by atoms with Gasteiger partial charge in [0, 0.05) is 37.5 Å². The first-order valence-corrected chi connectivity index (χ1v) is 9.30. The van der Waals surface area contributed by atoms with E-state index in [1.54, 1.807) is 18.4 Å². The number of carbonyl (C=O) groups is 1. The van der Waals surface area contributed by atoms with Crippen molar-refractivity contribution in [3.05, 3.63) is 21.9 Å². The SMILES string of the molecule is CCC(CCNC(=NC)NCc1sccc1C)N1CCCC1=O.I. The molecule has 1 aromatic heterocycles. The van der Waals surface area contributed by atoms with Gasteiger partial charge in [0.05, 0.1) is 6.54 Å². The van der Waals surface area contributed by atoms with E-state index in [4.69, 9.17) is 0 Å². The van der Waals surface area contributed by atoms with Crippen LogP contribution in [0.15, 0.2) is 16.4 Å². The number of amides is 1. The molecule has 0 bridgehead atoms. The highest BCUT2D eigenvalue weighted by atomic mass is 127. The van der Waals surface area contributed by atoms with E-state index in [1.807, 2.05) is 4.90 Å². The maximum Gasteiger partial charge on any atom is 0.222 e. The normalized spacial score (nSPS) is 16.0. The smallest absolute Gasteiger partial charge is 0.222 e. The molecule has 2 heterocycles. The lowest BCUT2D eigenvalue weighted by atomic mass is 10.1. The number of nitrogens with one attached hydrogen (secondary N) is 2. The molecule has 1 aromatic rings. The number of guanidine groups is 1. The van der Waals surface area contributed by atoms with Crippen molar-refractivity contribution in [2.45, 2.75) is 52.1 Å². The van der Waals surface area contributed by atoms with Crippen LogP contribution in [0.4, 0.5) is 0 Å². The van der Waals surface area contributed by atoms with Gasteiger partial charge in [0.25, 0.3) is 0 Å². The minimum atomic E-state index is 0. The molecule has 0 saturated carbocycles. The monoisotopic (exact) mass is 464 g/mol. The van der Waals surface area contributed by atoms with Gasteiger partial charge >= 0.3 is 0 Å². The lowest BCUT2D eigenvalue weighted by Crippen LogP contribution is -2.41. The van der Waals surface area contributed by atoms with Crippen LogP contribution in [0.25, 0.3) is 0 Å². The summed E-state index contributed by atoms with van der Waals surface area (Å²) < 4.78 is 0. The zero-order valence-corrected chi connectivity index (χ0v) is 17.9. The first-order valence-electron chi connectivity index (χ1n) is 8.42. The Morgan fingerprint density at radius 2 is 2.25 bits per heavy atom. The molecular weight excluding hydrogens is 435 g/mol. The molecular formula is C17H29IN4OS.